The molecule has 1 aromatic carbocycles. The Balaban J connectivity index is 1.72. The van der Waals surface area contributed by atoms with Gasteiger partial charge in [0.25, 0.3) is 0 Å². The first kappa shape index (κ1) is 15.8. The van der Waals surface area contributed by atoms with E-state index in [1.165, 1.54) is 0 Å². The van der Waals surface area contributed by atoms with Crippen LogP contribution in [0.3, 0.4) is 0 Å². The van der Waals surface area contributed by atoms with Gasteiger partial charge >= 0.3 is 6.09 Å². The van der Waals surface area contributed by atoms with Crippen LogP contribution >= 0.6 is 0 Å². The van der Waals surface area contributed by atoms with E-state index in [1.807, 2.05) is 12.1 Å². The molecule has 1 aliphatic rings. The van der Waals surface area contributed by atoms with Crippen molar-refractivity contribution in [1.82, 2.24) is 10.6 Å². The second-order valence-electron chi connectivity index (χ2n) is 5.27. The van der Waals surface area contributed by atoms with Crippen LogP contribution in [0, 0.1) is 17.2 Å². The first-order valence-electron chi connectivity index (χ1n) is 7.37. The average molecular weight is 301 g/mol. The van der Waals surface area contributed by atoms with E-state index in [2.05, 4.69) is 10.6 Å². The number of benzene rings is 1. The van der Waals surface area contributed by atoms with E-state index in [1.54, 1.807) is 24.3 Å². The van der Waals surface area contributed by atoms with Gasteiger partial charge < -0.3 is 15.4 Å². The quantitative estimate of drug-likeness (QED) is 0.832. The highest BCUT2D eigenvalue weighted by molar-refractivity contribution is 5.79. The van der Waals surface area contributed by atoms with Crippen LogP contribution in [0.1, 0.15) is 25.7 Å². The van der Waals surface area contributed by atoms with E-state index in [4.69, 9.17) is 10.00 Å². The normalized spacial score (nSPS) is 20.5. The molecule has 6 nitrogen and oxygen atoms in total. The van der Waals surface area contributed by atoms with Crippen LogP contribution in [0.25, 0.3) is 0 Å². The molecule has 0 radical (unpaired) electrons. The van der Waals surface area contributed by atoms with Crippen LogP contribution in [0.2, 0.25) is 0 Å². The number of carbonyl (C=O) groups is 2. The molecule has 0 aromatic heterocycles. The monoisotopic (exact) mass is 301 g/mol. The van der Waals surface area contributed by atoms with E-state index in [9.17, 15) is 9.59 Å². The van der Waals surface area contributed by atoms with Crippen molar-refractivity contribution in [3.8, 4) is 11.8 Å². The maximum Gasteiger partial charge on any atom is 0.412 e. The molecule has 6 heteroatoms. The molecular weight excluding hydrogens is 282 g/mol. The zero-order valence-corrected chi connectivity index (χ0v) is 12.2. The van der Waals surface area contributed by atoms with Crippen molar-refractivity contribution in [2.24, 2.45) is 5.92 Å². The zero-order valence-electron chi connectivity index (χ0n) is 12.2. The summed E-state index contributed by atoms with van der Waals surface area (Å²) >= 11 is 0. The van der Waals surface area contributed by atoms with E-state index in [0.29, 0.717) is 18.6 Å². The van der Waals surface area contributed by atoms with Gasteiger partial charge in [0.15, 0.2) is 0 Å². The molecule has 1 fully saturated rings. The highest BCUT2D eigenvalue weighted by atomic mass is 16.6. The van der Waals surface area contributed by atoms with Crippen LogP contribution in [0.4, 0.5) is 4.79 Å². The van der Waals surface area contributed by atoms with Crippen LogP contribution in [-0.4, -0.2) is 24.6 Å². The van der Waals surface area contributed by atoms with Crippen LogP contribution in [0.15, 0.2) is 30.3 Å². The maximum atomic E-state index is 11.8. The Morgan fingerprint density at radius 1 is 1.18 bits per heavy atom. The summed E-state index contributed by atoms with van der Waals surface area (Å²) in [5, 5.41) is 13.9. The fourth-order valence-corrected chi connectivity index (χ4v) is 2.56. The van der Waals surface area contributed by atoms with Crippen LogP contribution in [-0.2, 0) is 4.79 Å². The third-order valence-electron chi connectivity index (χ3n) is 3.72. The molecule has 22 heavy (non-hydrogen) atoms. The number of rotatable bonds is 4. The molecule has 0 saturated heterocycles. The van der Waals surface area contributed by atoms with Crippen molar-refractivity contribution in [3.05, 3.63) is 30.3 Å². The highest BCUT2D eigenvalue weighted by Gasteiger charge is 2.27. The van der Waals surface area contributed by atoms with Gasteiger partial charge in [0, 0.05) is 12.0 Å². The molecule has 1 aliphatic carbocycles. The van der Waals surface area contributed by atoms with Crippen molar-refractivity contribution in [2.45, 2.75) is 31.7 Å². The highest BCUT2D eigenvalue weighted by Crippen LogP contribution is 2.24. The van der Waals surface area contributed by atoms with Gasteiger partial charge in [0.05, 0.1) is 6.07 Å². The van der Waals surface area contributed by atoms with Gasteiger partial charge in [-0.25, -0.2) is 4.79 Å². The lowest BCUT2D eigenvalue weighted by molar-refractivity contribution is -0.125. The number of nitrogens with zero attached hydrogens (tertiary/aromatic N) is 1. The van der Waals surface area contributed by atoms with Crippen LogP contribution < -0.4 is 15.4 Å². The molecule has 2 rings (SSSR count). The third kappa shape index (κ3) is 4.77. The second kappa shape index (κ2) is 8.03. The summed E-state index contributed by atoms with van der Waals surface area (Å²) in [5.41, 5.74) is 0. The summed E-state index contributed by atoms with van der Waals surface area (Å²) < 4.78 is 5.18. The number of amides is 2. The minimum atomic E-state index is -0.469. The second-order valence-corrected chi connectivity index (χ2v) is 5.27. The Bertz CT molecular complexity index is 546. The van der Waals surface area contributed by atoms with E-state index >= 15 is 0 Å². The molecule has 0 heterocycles. The summed E-state index contributed by atoms with van der Waals surface area (Å²) in [5.74, 6) is 0.355. The molecular formula is C16H19N3O3. The number of nitrogens with one attached hydrogen (secondary N) is 2. The predicted octanol–water partition coefficient (Wildman–Crippen LogP) is 1.97. The average Bonchev–Trinajstić information content (AvgIpc) is 2.54. The summed E-state index contributed by atoms with van der Waals surface area (Å²) in [6.07, 6.45) is 2.40. The SMILES string of the molecule is N#CCNC(=O)C1CCC(NC(=O)Oc2ccccc2)CC1. The van der Waals surface area contributed by atoms with Gasteiger partial charge in [0.2, 0.25) is 5.91 Å². The fourth-order valence-electron chi connectivity index (χ4n) is 2.56. The Morgan fingerprint density at radius 3 is 2.50 bits per heavy atom. The number of carbonyl (C=O) groups excluding carboxylic acids is 2. The van der Waals surface area contributed by atoms with E-state index in [-0.39, 0.29) is 24.4 Å². The van der Waals surface area contributed by atoms with Crippen molar-refractivity contribution in [1.29, 1.82) is 5.26 Å². The van der Waals surface area contributed by atoms with Gasteiger partial charge in [-0.05, 0) is 37.8 Å². The number of ether oxygens (including phenoxy) is 1. The standard InChI is InChI=1S/C16H19N3O3/c17-10-11-18-15(20)12-6-8-13(9-7-12)19-16(21)22-14-4-2-1-3-5-14/h1-5,12-13H,6-9,11H2,(H,18,20)(H,19,21). The van der Waals surface area contributed by atoms with Gasteiger partial charge in [-0.1, -0.05) is 18.2 Å². The minimum Gasteiger partial charge on any atom is -0.410 e. The van der Waals surface area contributed by atoms with Crippen molar-refractivity contribution in [3.63, 3.8) is 0 Å². The predicted molar refractivity (Wildman–Crippen MR) is 80.0 cm³/mol. The molecule has 0 aliphatic heterocycles. The summed E-state index contributed by atoms with van der Waals surface area (Å²) in [7, 11) is 0. The third-order valence-corrected chi connectivity index (χ3v) is 3.72. The van der Waals surface area contributed by atoms with E-state index < -0.39 is 6.09 Å². The molecule has 0 unspecified atom stereocenters. The molecule has 1 saturated carbocycles. The Kier molecular flexibility index (Phi) is 5.78. The molecule has 2 amide bonds. The largest absolute Gasteiger partial charge is 0.412 e. The minimum absolute atomic E-state index is 0.0243. The molecule has 0 spiro atoms. The molecule has 2 N–H and O–H groups in total. The van der Waals surface area contributed by atoms with Crippen molar-refractivity contribution < 1.29 is 14.3 Å². The van der Waals surface area contributed by atoms with E-state index in [0.717, 1.165) is 12.8 Å². The number of hydrogen-bond acceptors (Lipinski definition) is 4. The maximum absolute atomic E-state index is 11.8. The Labute approximate surface area is 129 Å². The number of hydrogen-bond donors (Lipinski definition) is 2. The summed E-state index contributed by atoms with van der Waals surface area (Å²) in [6.45, 7) is 0.0421. The van der Waals surface area contributed by atoms with Crippen LogP contribution in [0.5, 0.6) is 5.75 Å². The van der Waals surface area contributed by atoms with Gasteiger partial charge in [-0.3, -0.25) is 4.79 Å². The van der Waals surface area contributed by atoms with Crippen molar-refractivity contribution >= 4 is 12.0 Å². The summed E-state index contributed by atoms with van der Waals surface area (Å²) in [4.78, 5) is 23.5. The molecule has 0 bridgehead atoms. The van der Waals surface area contributed by atoms with Gasteiger partial charge in [-0.15, -0.1) is 0 Å². The number of para-hydroxylation sites is 1. The smallest absolute Gasteiger partial charge is 0.410 e. The van der Waals surface area contributed by atoms with Gasteiger partial charge in [-0.2, -0.15) is 5.26 Å². The molecule has 1 aromatic rings. The first-order valence-corrected chi connectivity index (χ1v) is 7.37. The lowest BCUT2D eigenvalue weighted by Crippen LogP contribution is -2.41. The zero-order chi connectivity index (χ0) is 15.8. The van der Waals surface area contributed by atoms with Gasteiger partial charge in [0.1, 0.15) is 12.3 Å². The number of nitriles is 1. The Hall–Kier alpha value is -2.55. The summed E-state index contributed by atoms with van der Waals surface area (Å²) in [6, 6.07) is 10.8. The van der Waals surface area contributed by atoms with Crippen molar-refractivity contribution in [2.75, 3.05) is 6.54 Å². The first-order chi connectivity index (χ1) is 10.7. The molecule has 0 atom stereocenters. The Morgan fingerprint density at radius 2 is 1.86 bits per heavy atom. The lowest BCUT2D eigenvalue weighted by Gasteiger charge is -2.27. The topological polar surface area (TPSA) is 91.2 Å². The lowest BCUT2D eigenvalue weighted by atomic mass is 9.85. The molecule has 116 valence electrons. The fraction of sp³-hybridized carbons (Fsp3) is 0.438.